The molecule has 0 bridgehead atoms. The molecule has 0 radical (unpaired) electrons. The molecule has 4 aromatic rings. The van der Waals surface area contributed by atoms with Crippen LogP contribution in [0.4, 0.5) is 11.4 Å². The molecule has 0 N–H and O–H groups in total. The van der Waals surface area contributed by atoms with E-state index in [0.717, 1.165) is 25.8 Å². The van der Waals surface area contributed by atoms with E-state index in [1.165, 1.54) is 23.5 Å². The average Bonchev–Trinajstić information content (AvgIpc) is 3.34. The third kappa shape index (κ3) is 5.00. The number of aliphatic imine (C=N–C) groups is 1. The number of nitrogens with zero attached hydrogens (tertiary/aromatic N) is 2. The first-order valence-corrected chi connectivity index (χ1v) is 12.5. The van der Waals surface area contributed by atoms with E-state index < -0.39 is 0 Å². The van der Waals surface area contributed by atoms with Gasteiger partial charge in [0.25, 0.3) is 5.91 Å². The third-order valence-electron chi connectivity index (χ3n) is 4.70. The molecule has 1 aromatic heterocycles. The van der Waals surface area contributed by atoms with Crippen molar-refractivity contribution < 1.29 is 9.21 Å². The van der Waals surface area contributed by atoms with Crippen molar-refractivity contribution in [1.29, 1.82) is 0 Å². The topological polar surface area (TPSA) is 45.8 Å². The van der Waals surface area contributed by atoms with Crippen molar-refractivity contribution in [2.24, 2.45) is 4.99 Å². The van der Waals surface area contributed by atoms with Gasteiger partial charge in [0.1, 0.15) is 5.76 Å². The molecule has 2 heterocycles. The Labute approximate surface area is 208 Å². The van der Waals surface area contributed by atoms with Gasteiger partial charge in [0.15, 0.2) is 10.3 Å². The molecule has 3 aromatic carbocycles. The minimum absolute atomic E-state index is 0.134. The smallest absolute Gasteiger partial charge is 0.271 e. The molecule has 7 heteroatoms. The van der Waals surface area contributed by atoms with Gasteiger partial charge in [-0.1, -0.05) is 66.4 Å². The molecule has 0 spiro atoms. The van der Waals surface area contributed by atoms with Crippen LogP contribution in [0.15, 0.2) is 126 Å². The van der Waals surface area contributed by atoms with Crippen molar-refractivity contribution in [3.05, 3.63) is 112 Å². The minimum atomic E-state index is -0.134. The highest BCUT2D eigenvalue weighted by atomic mass is 79.9. The molecule has 33 heavy (non-hydrogen) atoms. The molecule has 1 aliphatic rings. The molecule has 0 atom stereocenters. The molecule has 1 saturated heterocycles. The number of rotatable bonds is 5. The van der Waals surface area contributed by atoms with Gasteiger partial charge in [-0.2, -0.15) is 0 Å². The van der Waals surface area contributed by atoms with Gasteiger partial charge in [0.2, 0.25) is 0 Å². The van der Waals surface area contributed by atoms with Gasteiger partial charge < -0.3 is 4.42 Å². The Balaban J connectivity index is 1.48. The van der Waals surface area contributed by atoms with Crippen LogP contribution in [0.2, 0.25) is 0 Å². The van der Waals surface area contributed by atoms with Gasteiger partial charge >= 0.3 is 0 Å². The van der Waals surface area contributed by atoms with Crippen molar-refractivity contribution in [1.82, 2.24) is 0 Å². The minimum Gasteiger partial charge on any atom is -0.449 e. The number of hydrogen-bond donors (Lipinski definition) is 0. The highest BCUT2D eigenvalue weighted by Gasteiger charge is 2.35. The largest absolute Gasteiger partial charge is 0.449 e. The lowest BCUT2D eigenvalue weighted by atomic mass is 10.3. The third-order valence-corrected chi connectivity index (χ3v) is 7.52. The Morgan fingerprint density at radius 1 is 0.909 bits per heavy atom. The molecular weight excluding hydrogens is 516 g/mol. The number of furan rings is 1. The van der Waals surface area contributed by atoms with Crippen LogP contribution < -0.4 is 4.90 Å². The quantitative estimate of drug-likeness (QED) is 0.244. The summed E-state index contributed by atoms with van der Waals surface area (Å²) in [5.41, 5.74) is 1.56. The first kappa shape index (κ1) is 21.8. The van der Waals surface area contributed by atoms with Gasteiger partial charge in [-0.25, -0.2) is 4.99 Å². The van der Waals surface area contributed by atoms with Gasteiger partial charge in [-0.05, 0) is 70.2 Å². The predicted octanol–water partition coefficient (Wildman–Crippen LogP) is 8.00. The molecular formula is C26H17BrN2O2S2. The van der Waals surface area contributed by atoms with Crippen molar-refractivity contribution in [2.45, 2.75) is 9.99 Å². The average molecular weight is 533 g/mol. The molecule has 1 aliphatic heterocycles. The van der Waals surface area contributed by atoms with Gasteiger partial charge in [-0.15, -0.1) is 0 Å². The van der Waals surface area contributed by atoms with E-state index in [9.17, 15) is 4.79 Å². The van der Waals surface area contributed by atoms with Gasteiger partial charge in [0.05, 0.1) is 20.8 Å². The van der Waals surface area contributed by atoms with Crippen molar-refractivity contribution >= 4 is 68.0 Å². The zero-order chi connectivity index (χ0) is 22.6. The van der Waals surface area contributed by atoms with Crippen LogP contribution in [0, 0.1) is 0 Å². The summed E-state index contributed by atoms with van der Waals surface area (Å²) < 4.78 is 6.88. The standard InChI is InChI=1S/C26H17BrN2O2S2/c27-22-16-20(31-25(22)32-21-14-8-3-9-15-21)17-23-24(30)29(19-12-6-2-7-13-19)26(33-23)28-18-10-4-1-5-11-18/h1-17H/b23-17-,28-26?. The van der Waals surface area contributed by atoms with E-state index in [0.29, 0.717) is 15.8 Å². The molecule has 1 amide bonds. The van der Waals surface area contributed by atoms with Gasteiger partial charge in [0, 0.05) is 11.0 Å². The Morgan fingerprint density at radius 2 is 1.55 bits per heavy atom. The van der Waals surface area contributed by atoms with E-state index in [4.69, 9.17) is 9.41 Å². The Morgan fingerprint density at radius 3 is 2.24 bits per heavy atom. The van der Waals surface area contributed by atoms with Crippen molar-refractivity contribution in [3.63, 3.8) is 0 Å². The second kappa shape index (κ2) is 9.87. The number of amides is 1. The van der Waals surface area contributed by atoms with Gasteiger partial charge in [-0.3, -0.25) is 9.69 Å². The van der Waals surface area contributed by atoms with E-state index >= 15 is 0 Å². The van der Waals surface area contributed by atoms with Crippen LogP contribution in [-0.4, -0.2) is 11.1 Å². The summed E-state index contributed by atoms with van der Waals surface area (Å²) >= 11 is 6.43. The lowest BCUT2D eigenvalue weighted by Gasteiger charge is -2.15. The lowest BCUT2D eigenvalue weighted by molar-refractivity contribution is -0.113. The predicted molar refractivity (Wildman–Crippen MR) is 140 cm³/mol. The Bertz CT molecular complexity index is 1340. The van der Waals surface area contributed by atoms with Crippen LogP contribution in [0.5, 0.6) is 0 Å². The number of benzene rings is 3. The maximum absolute atomic E-state index is 13.4. The van der Waals surface area contributed by atoms with Crippen molar-refractivity contribution in [2.75, 3.05) is 4.90 Å². The number of thioether (sulfide) groups is 1. The Hall–Kier alpha value is -3.00. The van der Waals surface area contributed by atoms with E-state index in [1.807, 2.05) is 97.1 Å². The zero-order valence-electron chi connectivity index (χ0n) is 17.2. The van der Waals surface area contributed by atoms with Crippen LogP contribution in [0.3, 0.4) is 0 Å². The summed E-state index contributed by atoms with van der Waals surface area (Å²) in [7, 11) is 0. The number of hydrogen-bond acceptors (Lipinski definition) is 5. The number of para-hydroxylation sites is 2. The number of amidine groups is 1. The van der Waals surface area contributed by atoms with Crippen LogP contribution in [0.25, 0.3) is 6.08 Å². The summed E-state index contributed by atoms with van der Waals surface area (Å²) in [4.78, 5) is 21.4. The summed E-state index contributed by atoms with van der Waals surface area (Å²) in [6.07, 6.45) is 1.77. The molecule has 4 nitrogen and oxygen atoms in total. The van der Waals surface area contributed by atoms with Crippen LogP contribution in [0.1, 0.15) is 5.76 Å². The number of carbonyl (C=O) groups is 1. The normalized spacial score (nSPS) is 16.2. The molecule has 5 rings (SSSR count). The fraction of sp³-hybridized carbons (Fsp3) is 0. The van der Waals surface area contributed by atoms with E-state index in [1.54, 1.807) is 11.0 Å². The highest BCUT2D eigenvalue weighted by molar-refractivity contribution is 9.10. The number of carbonyl (C=O) groups excluding carboxylic acids is 1. The van der Waals surface area contributed by atoms with E-state index in [-0.39, 0.29) is 5.91 Å². The zero-order valence-corrected chi connectivity index (χ0v) is 20.4. The maximum atomic E-state index is 13.4. The summed E-state index contributed by atoms with van der Waals surface area (Å²) in [5, 5.41) is 1.34. The second-order valence-electron chi connectivity index (χ2n) is 7.02. The molecule has 0 saturated carbocycles. The first-order valence-electron chi connectivity index (χ1n) is 10.1. The monoisotopic (exact) mass is 532 g/mol. The lowest BCUT2D eigenvalue weighted by Crippen LogP contribution is -2.28. The number of anilines is 1. The fourth-order valence-electron chi connectivity index (χ4n) is 3.20. The SMILES string of the molecule is O=C1/C(=C/c2cc(Br)c(Sc3ccccc3)o2)SC(=Nc2ccccc2)N1c1ccccc1. The first-order chi connectivity index (χ1) is 16.2. The molecule has 0 unspecified atom stereocenters. The fourth-order valence-corrected chi connectivity index (χ4v) is 5.53. The second-order valence-corrected chi connectivity index (χ2v) is 9.93. The van der Waals surface area contributed by atoms with Crippen LogP contribution >= 0.6 is 39.5 Å². The van der Waals surface area contributed by atoms with Crippen LogP contribution in [-0.2, 0) is 4.79 Å². The summed E-state index contributed by atoms with van der Waals surface area (Å²) in [5.74, 6) is 0.468. The molecule has 162 valence electrons. The number of halogens is 1. The molecule has 0 aliphatic carbocycles. The summed E-state index contributed by atoms with van der Waals surface area (Å²) in [6, 6.07) is 31.1. The van der Waals surface area contributed by atoms with Crippen molar-refractivity contribution in [3.8, 4) is 0 Å². The van der Waals surface area contributed by atoms with E-state index in [2.05, 4.69) is 15.9 Å². The summed E-state index contributed by atoms with van der Waals surface area (Å²) in [6.45, 7) is 0. The highest BCUT2D eigenvalue weighted by Crippen LogP contribution is 2.40. The molecule has 1 fully saturated rings. The Kier molecular flexibility index (Phi) is 6.53. The maximum Gasteiger partial charge on any atom is 0.271 e.